The summed E-state index contributed by atoms with van der Waals surface area (Å²) in [4.78, 5) is 22.9. The minimum atomic E-state index is -0.502. The lowest BCUT2D eigenvalue weighted by Gasteiger charge is -2.19. The highest BCUT2D eigenvalue weighted by molar-refractivity contribution is 6.01. The van der Waals surface area contributed by atoms with E-state index in [1.165, 1.54) is 0 Å². The number of para-hydroxylation sites is 1. The van der Waals surface area contributed by atoms with Crippen LogP contribution in [0.1, 0.15) is 31.9 Å². The fraction of sp³-hybridized carbons (Fsp3) is 0.375. The van der Waals surface area contributed by atoms with Crippen LogP contribution in [-0.4, -0.2) is 24.1 Å². The van der Waals surface area contributed by atoms with E-state index in [-0.39, 0.29) is 5.91 Å². The molecule has 2 rings (SSSR count). The average molecular weight is 288 g/mol. The molecule has 0 saturated heterocycles. The summed E-state index contributed by atoms with van der Waals surface area (Å²) in [5.74, 6) is 0.0118. The molecule has 1 aliphatic heterocycles. The van der Waals surface area contributed by atoms with Gasteiger partial charge in [0, 0.05) is 6.54 Å². The van der Waals surface area contributed by atoms with Gasteiger partial charge in [0.05, 0.1) is 12.1 Å². The van der Waals surface area contributed by atoms with E-state index < -0.39 is 11.7 Å². The van der Waals surface area contributed by atoms with Gasteiger partial charge >= 0.3 is 6.09 Å². The molecule has 112 valence electrons. The predicted octanol–water partition coefficient (Wildman–Crippen LogP) is 2.72. The van der Waals surface area contributed by atoms with Crippen molar-refractivity contribution in [3.63, 3.8) is 0 Å². The van der Waals surface area contributed by atoms with Gasteiger partial charge in [0.25, 0.3) is 0 Å². The summed E-state index contributed by atoms with van der Waals surface area (Å²) in [7, 11) is 0. The lowest BCUT2D eigenvalue weighted by Crippen LogP contribution is -2.32. The van der Waals surface area contributed by atoms with Crippen molar-refractivity contribution in [2.45, 2.75) is 32.8 Å². The molecule has 2 amide bonds. The molecule has 1 heterocycles. The Bertz CT molecular complexity index is 586. The molecule has 0 spiro atoms. The van der Waals surface area contributed by atoms with Gasteiger partial charge in [0.1, 0.15) is 5.60 Å². The number of rotatable bonds is 3. The van der Waals surface area contributed by atoms with Crippen LogP contribution >= 0.6 is 0 Å². The molecule has 5 nitrogen and oxygen atoms in total. The zero-order valence-electron chi connectivity index (χ0n) is 12.5. The van der Waals surface area contributed by atoms with E-state index in [2.05, 4.69) is 10.6 Å². The number of nitrogens with one attached hydrogen (secondary N) is 2. The summed E-state index contributed by atoms with van der Waals surface area (Å²) in [6, 6.07) is 5.78. The highest BCUT2D eigenvalue weighted by atomic mass is 16.6. The van der Waals surface area contributed by atoms with E-state index in [4.69, 9.17) is 4.74 Å². The van der Waals surface area contributed by atoms with E-state index in [0.717, 1.165) is 16.8 Å². The van der Waals surface area contributed by atoms with Gasteiger partial charge in [-0.3, -0.25) is 4.79 Å². The maximum atomic E-state index is 11.5. The summed E-state index contributed by atoms with van der Waals surface area (Å²) in [6.07, 6.45) is 3.68. The molecule has 1 aromatic rings. The quantitative estimate of drug-likeness (QED) is 0.898. The number of anilines is 1. The lowest BCUT2D eigenvalue weighted by molar-refractivity contribution is -0.115. The number of hydrogen-bond acceptors (Lipinski definition) is 3. The van der Waals surface area contributed by atoms with E-state index >= 15 is 0 Å². The van der Waals surface area contributed by atoms with Crippen LogP contribution in [0.2, 0.25) is 0 Å². The molecular formula is C16H20N2O3. The van der Waals surface area contributed by atoms with Crippen LogP contribution < -0.4 is 10.6 Å². The predicted molar refractivity (Wildman–Crippen MR) is 82.0 cm³/mol. The van der Waals surface area contributed by atoms with Crippen molar-refractivity contribution in [3.05, 3.63) is 35.4 Å². The smallest absolute Gasteiger partial charge is 0.407 e. The molecule has 0 radical (unpaired) electrons. The maximum absolute atomic E-state index is 11.5. The van der Waals surface area contributed by atoms with E-state index in [1.54, 1.807) is 0 Å². The Kier molecular flexibility index (Phi) is 4.31. The van der Waals surface area contributed by atoms with Crippen molar-refractivity contribution < 1.29 is 14.3 Å². The van der Waals surface area contributed by atoms with Crippen LogP contribution in [0.5, 0.6) is 0 Å². The van der Waals surface area contributed by atoms with Crippen molar-refractivity contribution in [1.82, 2.24) is 5.32 Å². The van der Waals surface area contributed by atoms with Gasteiger partial charge in [0.2, 0.25) is 5.91 Å². The summed E-state index contributed by atoms with van der Waals surface area (Å²) in [5, 5.41) is 5.50. The largest absolute Gasteiger partial charge is 0.444 e. The van der Waals surface area contributed by atoms with Crippen LogP contribution in [0.25, 0.3) is 6.08 Å². The van der Waals surface area contributed by atoms with Gasteiger partial charge in [0.15, 0.2) is 0 Å². The molecule has 0 atom stereocenters. The third-order valence-corrected chi connectivity index (χ3v) is 2.86. The van der Waals surface area contributed by atoms with Crippen molar-refractivity contribution in [1.29, 1.82) is 0 Å². The molecule has 0 saturated carbocycles. The first kappa shape index (κ1) is 15.1. The van der Waals surface area contributed by atoms with E-state index in [1.807, 2.05) is 51.1 Å². The number of fused-ring (bicyclic) bond motifs is 1. The van der Waals surface area contributed by atoms with Crippen molar-refractivity contribution >= 4 is 23.8 Å². The highest BCUT2D eigenvalue weighted by Crippen LogP contribution is 2.27. The van der Waals surface area contributed by atoms with Crippen LogP contribution in [0.15, 0.2) is 24.3 Å². The Morgan fingerprint density at radius 2 is 2.19 bits per heavy atom. The first-order valence-electron chi connectivity index (χ1n) is 6.90. The first-order chi connectivity index (χ1) is 9.85. The van der Waals surface area contributed by atoms with E-state index in [9.17, 15) is 9.59 Å². The van der Waals surface area contributed by atoms with Crippen molar-refractivity contribution in [2.75, 3.05) is 11.9 Å². The van der Waals surface area contributed by atoms with Gasteiger partial charge in [-0.2, -0.15) is 0 Å². The van der Waals surface area contributed by atoms with Crippen LogP contribution in [0, 0.1) is 0 Å². The lowest BCUT2D eigenvalue weighted by atomic mass is 10.1. The highest BCUT2D eigenvalue weighted by Gasteiger charge is 2.19. The Hall–Kier alpha value is -2.30. The summed E-state index contributed by atoms with van der Waals surface area (Å²) >= 11 is 0. The molecule has 2 N–H and O–H groups in total. The number of alkyl carbamates (subject to hydrolysis) is 1. The van der Waals surface area contributed by atoms with Crippen molar-refractivity contribution in [2.24, 2.45) is 0 Å². The van der Waals surface area contributed by atoms with Gasteiger partial charge in [-0.1, -0.05) is 30.4 Å². The SMILES string of the molecule is CC(C)(C)OC(=O)NCC=Cc1cccc2c1NC(=O)C2. The first-order valence-corrected chi connectivity index (χ1v) is 6.90. The minimum Gasteiger partial charge on any atom is -0.444 e. The van der Waals surface area contributed by atoms with Crippen LogP contribution in [0.4, 0.5) is 10.5 Å². The standard InChI is InChI=1S/C16H20N2O3/c1-16(2,3)21-15(20)17-9-5-8-11-6-4-7-12-10-13(19)18-14(11)12/h4-8H,9-10H2,1-3H3,(H,17,20)(H,18,19). The summed E-state index contributed by atoms with van der Waals surface area (Å²) in [6.45, 7) is 5.82. The third kappa shape index (κ3) is 4.34. The second-order valence-corrected chi connectivity index (χ2v) is 5.89. The zero-order valence-corrected chi connectivity index (χ0v) is 12.5. The Morgan fingerprint density at radius 1 is 1.43 bits per heavy atom. The molecule has 0 aromatic heterocycles. The number of carbonyl (C=O) groups is 2. The number of hydrogen-bond donors (Lipinski definition) is 2. The molecule has 1 aliphatic rings. The molecule has 0 unspecified atom stereocenters. The molecule has 5 heteroatoms. The van der Waals surface area contributed by atoms with Gasteiger partial charge in [-0.25, -0.2) is 4.79 Å². The van der Waals surface area contributed by atoms with Crippen LogP contribution in [-0.2, 0) is 16.0 Å². The number of carbonyl (C=O) groups excluding carboxylic acids is 2. The van der Waals surface area contributed by atoms with Crippen LogP contribution in [0.3, 0.4) is 0 Å². The Morgan fingerprint density at radius 3 is 2.90 bits per heavy atom. The molecule has 1 aromatic carbocycles. The second kappa shape index (κ2) is 5.99. The monoisotopic (exact) mass is 288 g/mol. The van der Waals surface area contributed by atoms with Crippen molar-refractivity contribution in [3.8, 4) is 0 Å². The molecular weight excluding hydrogens is 268 g/mol. The van der Waals surface area contributed by atoms with Gasteiger partial charge in [-0.05, 0) is 31.9 Å². The van der Waals surface area contributed by atoms with Gasteiger partial charge < -0.3 is 15.4 Å². The average Bonchev–Trinajstić information content (AvgIpc) is 2.73. The topological polar surface area (TPSA) is 67.4 Å². The summed E-state index contributed by atoms with van der Waals surface area (Å²) < 4.78 is 5.14. The third-order valence-electron chi connectivity index (χ3n) is 2.86. The molecule has 0 aliphatic carbocycles. The fourth-order valence-electron chi connectivity index (χ4n) is 2.06. The fourth-order valence-corrected chi connectivity index (χ4v) is 2.06. The Labute approximate surface area is 124 Å². The number of amides is 2. The molecule has 21 heavy (non-hydrogen) atoms. The maximum Gasteiger partial charge on any atom is 0.407 e. The normalized spacial score (nSPS) is 14.0. The molecule has 0 fully saturated rings. The molecule has 0 bridgehead atoms. The zero-order chi connectivity index (χ0) is 15.5. The number of benzene rings is 1. The number of ether oxygens (including phenoxy) is 1. The second-order valence-electron chi connectivity index (χ2n) is 5.89. The summed E-state index contributed by atoms with van der Waals surface area (Å²) in [5.41, 5.74) is 2.29. The van der Waals surface area contributed by atoms with Gasteiger partial charge in [-0.15, -0.1) is 0 Å². The minimum absolute atomic E-state index is 0.0118. The Balaban J connectivity index is 1.90. The van der Waals surface area contributed by atoms with E-state index in [0.29, 0.717) is 13.0 Å².